The Balaban J connectivity index is 0.000000511. The number of aryl methyl sites for hydroxylation is 1. The molecule has 0 radical (unpaired) electrons. The van der Waals surface area contributed by atoms with Gasteiger partial charge in [-0.25, -0.2) is 9.97 Å². The van der Waals surface area contributed by atoms with E-state index in [2.05, 4.69) is 23.8 Å². The van der Waals surface area contributed by atoms with Gasteiger partial charge in [0.15, 0.2) is 0 Å². The van der Waals surface area contributed by atoms with Crippen LogP contribution in [0.2, 0.25) is 0 Å². The van der Waals surface area contributed by atoms with Crippen molar-refractivity contribution < 1.29 is 4.48 Å². The number of aromatic nitrogens is 3. The van der Waals surface area contributed by atoms with Crippen LogP contribution in [-0.2, 0) is 0 Å². The second-order valence-electron chi connectivity index (χ2n) is 3.29. The largest absolute Gasteiger partial charge is 0.368 e. The van der Waals surface area contributed by atoms with Crippen LogP contribution < -0.4 is 5.73 Å². The molecule has 2 rings (SSSR count). The van der Waals surface area contributed by atoms with Crippen LogP contribution in [0.15, 0.2) is 12.4 Å². The maximum Gasteiger partial charge on any atom is 0.220 e. The second-order valence-corrected chi connectivity index (χ2v) is 3.29. The topological polar surface area (TPSA) is 56.7 Å². The molecule has 0 atom stereocenters. The van der Waals surface area contributed by atoms with E-state index in [9.17, 15) is 4.48 Å². The zero-order valence-corrected chi connectivity index (χ0v) is 9.16. The third-order valence-corrected chi connectivity index (χ3v) is 1.70. The number of fused-ring (bicyclic) bond motifs is 1. The zero-order chi connectivity index (χ0) is 11.4. The molecule has 0 unspecified atom stereocenters. The first-order valence-electron chi connectivity index (χ1n) is 4.86. The highest BCUT2D eigenvalue weighted by Crippen LogP contribution is 2.17. The van der Waals surface area contributed by atoms with Crippen molar-refractivity contribution in [3.05, 3.63) is 18.0 Å². The van der Waals surface area contributed by atoms with Crippen molar-refractivity contribution in [2.24, 2.45) is 0 Å². The summed E-state index contributed by atoms with van der Waals surface area (Å²) in [6, 6.07) is 0. The number of nitrogens with zero attached hydrogens (tertiary/aromatic N) is 3. The predicted molar refractivity (Wildman–Crippen MR) is 65.9 cm³/mol. The number of hydrogen-bond acceptors (Lipinski definition) is 3. The first-order valence-corrected chi connectivity index (χ1v) is 4.86. The van der Waals surface area contributed by atoms with E-state index in [1.807, 2.05) is 0 Å². The standard InChI is InChI=1S/C7H7FN4.C3H8.CH4/c1-4-3-12(8)5-2-10-7(9)11-6(4)5;1-3-2;/h2-3H,1H3,(H2,9,10,11);3H2,1-2H3;1H4. The second kappa shape index (κ2) is 6.05. The van der Waals surface area contributed by atoms with Gasteiger partial charge in [-0.3, -0.25) is 0 Å². The number of rotatable bonds is 0. The normalized spacial score (nSPS) is 9.25. The summed E-state index contributed by atoms with van der Waals surface area (Å²) in [6.45, 7) is 6.02. The minimum atomic E-state index is 0. The van der Waals surface area contributed by atoms with Gasteiger partial charge in [-0.1, -0.05) is 32.2 Å². The molecule has 4 nitrogen and oxygen atoms in total. The predicted octanol–water partition coefficient (Wildman–Crippen LogP) is 3.11. The van der Waals surface area contributed by atoms with E-state index in [0.717, 1.165) is 5.56 Å². The Morgan fingerprint density at radius 1 is 1.44 bits per heavy atom. The maximum atomic E-state index is 12.9. The van der Waals surface area contributed by atoms with Gasteiger partial charge < -0.3 is 5.73 Å². The van der Waals surface area contributed by atoms with Crippen LogP contribution in [-0.4, -0.2) is 14.8 Å². The summed E-state index contributed by atoms with van der Waals surface area (Å²) < 4.78 is 12.9. The van der Waals surface area contributed by atoms with Crippen molar-refractivity contribution in [1.29, 1.82) is 0 Å². The number of nitrogen functional groups attached to an aromatic ring is 1. The molecule has 0 spiro atoms. The van der Waals surface area contributed by atoms with Crippen molar-refractivity contribution in [3.8, 4) is 0 Å². The molecule has 0 aromatic carbocycles. The van der Waals surface area contributed by atoms with Crippen LogP contribution in [0, 0.1) is 6.92 Å². The lowest BCUT2D eigenvalue weighted by molar-refractivity contribution is 0.387. The molecule has 0 saturated carbocycles. The maximum absolute atomic E-state index is 12.9. The van der Waals surface area contributed by atoms with E-state index in [0.29, 0.717) is 15.8 Å². The highest BCUT2D eigenvalue weighted by Gasteiger charge is 2.06. The number of hydrogen-bond donors (Lipinski definition) is 1. The number of halogens is 1. The fourth-order valence-corrected chi connectivity index (χ4v) is 1.14. The Kier molecular flexibility index (Phi) is 5.42. The van der Waals surface area contributed by atoms with Crippen LogP contribution in [0.5, 0.6) is 0 Å². The molecule has 2 aromatic heterocycles. The molecule has 0 aliphatic heterocycles. The van der Waals surface area contributed by atoms with E-state index in [1.165, 1.54) is 18.8 Å². The first kappa shape index (κ1) is 14.3. The molecule has 2 aromatic rings. The van der Waals surface area contributed by atoms with Gasteiger partial charge in [0.1, 0.15) is 5.52 Å². The summed E-state index contributed by atoms with van der Waals surface area (Å²) in [4.78, 5) is 8.08. The van der Waals surface area contributed by atoms with Crippen LogP contribution in [0.4, 0.5) is 10.4 Å². The van der Waals surface area contributed by atoms with E-state index >= 15 is 0 Å². The van der Waals surface area contributed by atoms with Gasteiger partial charge in [0.2, 0.25) is 5.95 Å². The molecule has 0 aliphatic carbocycles. The molecule has 2 N–H and O–H groups in total. The quantitative estimate of drug-likeness (QED) is 0.751. The van der Waals surface area contributed by atoms with Gasteiger partial charge >= 0.3 is 0 Å². The van der Waals surface area contributed by atoms with E-state index in [-0.39, 0.29) is 13.4 Å². The van der Waals surface area contributed by atoms with Gasteiger partial charge in [0.05, 0.1) is 11.7 Å². The average molecular weight is 226 g/mol. The first-order chi connectivity index (χ1) is 7.10. The molecule has 0 bridgehead atoms. The molecule has 0 aliphatic rings. The minimum Gasteiger partial charge on any atom is -0.368 e. The Labute approximate surface area is 95.2 Å². The van der Waals surface area contributed by atoms with Crippen molar-refractivity contribution in [1.82, 2.24) is 14.8 Å². The zero-order valence-electron chi connectivity index (χ0n) is 9.16. The molecule has 5 heteroatoms. The molecular weight excluding hydrogens is 207 g/mol. The molecule has 0 saturated heterocycles. The summed E-state index contributed by atoms with van der Waals surface area (Å²) in [7, 11) is 0. The fourth-order valence-electron chi connectivity index (χ4n) is 1.14. The summed E-state index contributed by atoms with van der Waals surface area (Å²) in [5.74, 6) is 0.164. The van der Waals surface area contributed by atoms with Gasteiger partial charge in [-0.2, -0.15) is 4.79 Å². The highest BCUT2D eigenvalue weighted by atomic mass is 19.2. The van der Waals surface area contributed by atoms with Crippen molar-refractivity contribution in [2.75, 3.05) is 5.73 Å². The number of nitrogens with two attached hydrogens (primary N) is 1. The molecule has 0 amide bonds. The molecule has 90 valence electrons. The smallest absolute Gasteiger partial charge is 0.220 e. The van der Waals surface area contributed by atoms with E-state index in [4.69, 9.17) is 5.73 Å². The summed E-state index contributed by atoms with van der Waals surface area (Å²) in [6.07, 6.45) is 3.96. The third-order valence-electron chi connectivity index (χ3n) is 1.70. The summed E-state index contributed by atoms with van der Waals surface area (Å²) in [5.41, 5.74) is 7.01. The van der Waals surface area contributed by atoms with Gasteiger partial charge in [-0.15, -0.1) is 0 Å². The average Bonchev–Trinajstić information content (AvgIpc) is 2.43. The van der Waals surface area contributed by atoms with Gasteiger partial charge in [-0.05, 0) is 12.5 Å². The van der Waals surface area contributed by atoms with Gasteiger partial charge in [0.25, 0.3) is 0 Å². The van der Waals surface area contributed by atoms with Crippen molar-refractivity contribution in [3.63, 3.8) is 0 Å². The van der Waals surface area contributed by atoms with Crippen LogP contribution in [0.1, 0.15) is 33.3 Å². The van der Waals surface area contributed by atoms with Crippen LogP contribution in [0.25, 0.3) is 11.0 Å². The lowest BCUT2D eigenvalue weighted by Gasteiger charge is -1.92. The Bertz CT molecular complexity index is 450. The molecule has 0 fully saturated rings. The Morgan fingerprint density at radius 3 is 2.56 bits per heavy atom. The van der Waals surface area contributed by atoms with E-state index in [1.54, 1.807) is 6.92 Å². The molecular formula is C11H19FN4. The Hall–Kier alpha value is -1.65. The fraction of sp³-hybridized carbons (Fsp3) is 0.455. The van der Waals surface area contributed by atoms with E-state index < -0.39 is 0 Å². The lowest BCUT2D eigenvalue weighted by Crippen LogP contribution is -1.94. The Morgan fingerprint density at radius 2 is 2.00 bits per heavy atom. The van der Waals surface area contributed by atoms with Crippen LogP contribution in [0.3, 0.4) is 0 Å². The molecule has 16 heavy (non-hydrogen) atoms. The van der Waals surface area contributed by atoms with Crippen molar-refractivity contribution >= 4 is 17.0 Å². The lowest BCUT2D eigenvalue weighted by atomic mass is 10.3. The van der Waals surface area contributed by atoms with Crippen LogP contribution >= 0.6 is 0 Å². The minimum absolute atomic E-state index is 0. The number of anilines is 1. The van der Waals surface area contributed by atoms with Crippen molar-refractivity contribution in [2.45, 2.75) is 34.6 Å². The highest BCUT2D eigenvalue weighted by molar-refractivity contribution is 5.79. The third kappa shape index (κ3) is 2.92. The summed E-state index contributed by atoms with van der Waals surface area (Å²) >= 11 is 0. The van der Waals surface area contributed by atoms with Gasteiger partial charge in [0, 0.05) is 6.20 Å². The summed E-state index contributed by atoms with van der Waals surface area (Å²) in [5, 5.41) is 0. The SMILES string of the molecule is C.CCC.Cc1cn(F)c2cnc(N)nc12. The molecule has 2 heterocycles. The monoisotopic (exact) mass is 226 g/mol.